The van der Waals surface area contributed by atoms with Crippen molar-refractivity contribution in [2.75, 3.05) is 20.8 Å². The lowest BCUT2D eigenvalue weighted by molar-refractivity contribution is -0.137. The molecule has 0 aromatic carbocycles. The first kappa shape index (κ1) is 9.02. The molecular formula is C7H12N2O3. The molecule has 0 amide bonds. The molecule has 0 aliphatic carbocycles. The molecule has 1 aliphatic rings. The van der Waals surface area contributed by atoms with E-state index in [1.54, 1.807) is 13.1 Å². The summed E-state index contributed by atoms with van der Waals surface area (Å²) in [7, 11) is 3.02. The number of nitrogens with zero attached hydrogens (tertiary/aromatic N) is 1. The van der Waals surface area contributed by atoms with Crippen molar-refractivity contribution in [3.63, 3.8) is 0 Å². The van der Waals surface area contributed by atoms with E-state index >= 15 is 0 Å². The number of carbonyl (C=O) groups is 1. The van der Waals surface area contributed by atoms with Crippen LogP contribution in [0.4, 0.5) is 0 Å². The summed E-state index contributed by atoms with van der Waals surface area (Å²) in [6.45, 7) is -0.0369. The number of rotatable bonds is 2. The molecule has 1 unspecified atom stereocenters. The summed E-state index contributed by atoms with van der Waals surface area (Å²) >= 11 is 0. The van der Waals surface area contributed by atoms with E-state index in [9.17, 15) is 4.79 Å². The highest BCUT2D eigenvalue weighted by Crippen LogP contribution is 2.10. The van der Waals surface area contributed by atoms with Crippen LogP contribution >= 0.6 is 0 Å². The first-order valence-electron chi connectivity index (χ1n) is 3.60. The molecule has 0 aromatic heterocycles. The minimum atomic E-state index is -0.402. The van der Waals surface area contributed by atoms with Gasteiger partial charge in [-0.25, -0.2) is 10.2 Å². The predicted octanol–water partition coefficient (Wildman–Crippen LogP) is -1.15. The van der Waals surface area contributed by atoms with Crippen LogP contribution in [0, 0.1) is 0 Å². The normalized spacial score (nSPS) is 22.4. The number of carbonyl (C=O) groups excluding carboxylic acids is 1. The number of esters is 1. The molecule has 1 heterocycles. The van der Waals surface area contributed by atoms with Crippen LogP contribution < -0.4 is 5.43 Å². The monoisotopic (exact) mass is 172 g/mol. The molecule has 0 aromatic rings. The quantitative estimate of drug-likeness (QED) is 0.515. The van der Waals surface area contributed by atoms with Gasteiger partial charge in [-0.3, -0.25) is 0 Å². The van der Waals surface area contributed by atoms with Gasteiger partial charge in [0.15, 0.2) is 0 Å². The van der Waals surface area contributed by atoms with Gasteiger partial charge in [0.2, 0.25) is 0 Å². The molecule has 1 aliphatic heterocycles. The van der Waals surface area contributed by atoms with Crippen LogP contribution in [0.5, 0.6) is 0 Å². The molecule has 0 spiro atoms. The highest BCUT2D eigenvalue weighted by atomic mass is 16.5. The average Bonchev–Trinajstić information content (AvgIpc) is 2.45. The predicted molar refractivity (Wildman–Crippen MR) is 41.9 cm³/mol. The van der Waals surface area contributed by atoms with Gasteiger partial charge in [0.1, 0.15) is 5.70 Å². The van der Waals surface area contributed by atoms with Crippen molar-refractivity contribution in [1.29, 1.82) is 0 Å². The fraction of sp³-hybridized carbons (Fsp3) is 0.571. The zero-order valence-electron chi connectivity index (χ0n) is 7.07. The van der Waals surface area contributed by atoms with Crippen LogP contribution in [0.1, 0.15) is 0 Å². The van der Waals surface area contributed by atoms with Gasteiger partial charge < -0.3 is 14.9 Å². The molecule has 5 nitrogen and oxygen atoms in total. The van der Waals surface area contributed by atoms with Crippen molar-refractivity contribution in [3.8, 4) is 0 Å². The summed E-state index contributed by atoms with van der Waals surface area (Å²) in [5.74, 6) is -0.402. The first-order valence-corrected chi connectivity index (χ1v) is 3.60. The fourth-order valence-electron chi connectivity index (χ4n) is 1.06. The molecule has 1 rings (SSSR count). The van der Waals surface area contributed by atoms with Gasteiger partial charge in [0.05, 0.1) is 19.8 Å². The van der Waals surface area contributed by atoms with Crippen LogP contribution in [-0.4, -0.2) is 42.9 Å². The number of methoxy groups -OCH3 is 1. The van der Waals surface area contributed by atoms with Gasteiger partial charge in [-0.1, -0.05) is 0 Å². The molecule has 0 saturated heterocycles. The lowest BCUT2D eigenvalue weighted by Crippen LogP contribution is -2.37. The van der Waals surface area contributed by atoms with Gasteiger partial charge in [-0.15, -0.1) is 0 Å². The number of nitrogens with one attached hydrogen (secondary N) is 1. The van der Waals surface area contributed by atoms with Crippen LogP contribution in [0.3, 0.4) is 0 Å². The maximum absolute atomic E-state index is 11.0. The molecule has 1 atom stereocenters. The summed E-state index contributed by atoms with van der Waals surface area (Å²) in [5.41, 5.74) is 3.29. The van der Waals surface area contributed by atoms with E-state index in [2.05, 4.69) is 10.2 Å². The van der Waals surface area contributed by atoms with Gasteiger partial charge in [-0.05, 0) is 6.08 Å². The van der Waals surface area contributed by atoms with Gasteiger partial charge in [0.25, 0.3) is 0 Å². The summed E-state index contributed by atoms with van der Waals surface area (Å²) in [4.78, 5) is 11.0. The van der Waals surface area contributed by atoms with Gasteiger partial charge in [-0.2, -0.15) is 0 Å². The van der Waals surface area contributed by atoms with E-state index in [1.807, 2.05) is 0 Å². The second-order valence-corrected chi connectivity index (χ2v) is 2.52. The number of aliphatic hydroxyl groups excluding tert-OH is 1. The first-order chi connectivity index (χ1) is 5.69. The third-order valence-electron chi connectivity index (χ3n) is 1.67. The minimum absolute atomic E-state index is 0.0369. The lowest BCUT2D eigenvalue weighted by atomic mass is 10.3. The van der Waals surface area contributed by atoms with E-state index in [1.165, 1.54) is 12.1 Å². The molecule has 0 radical (unpaired) electrons. The Labute approximate surface area is 70.6 Å². The number of hydrazine groups is 1. The van der Waals surface area contributed by atoms with Crippen molar-refractivity contribution in [2.45, 2.75) is 6.04 Å². The Morgan fingerprint density at radius 3 is 3.00 bits per heavy atom. The Hall–Kier alpha value is -1.07. The number of hydrogen-bond acceptors (Lipinski definition) is 5. The summed E-state index contributed by atoms with van der Waals surface area (Å²) in [6, 6.07) is -0.191. The summed E-state index contributed by atoms with van der Waals surface area (Å²) < 4.78 is 4.53. The Morgan fingerprint density at radius 1 is 1.92 bits per heavy atom. The number of aliphatic hydroxyl groups is 1. The van der Waals surface area contributed by atoms with E-state index in [0.717, 1.165) is 0 Å². The molecule has 68 valence electrons. The van der Waals surface area contributed by atoms with Gasteiger partial charge >= 0.3 is 5.97 Å². The second kappa shape index (κ2) is 3.55. The largest absolute Gasteiger partial charge is 0.464 e. The Morgan fingerprint density at radius 2 is 2.58 bits per heavy atom. The van der Waals surface area contributed by atoms with Crippen LogP contribution in [0.2, 0.25) is 0 Å². The third-order valence-corrected chi connectivity index (χ3v) is 1.67. The molecular weight excluding hydrogens is 160 g/mol. The zero-order valence-corrected chi connectivity index (χ0v) is 7.07. The summed E-state index contributed by atoms with van der Waals surface area (Å²) in [5, 5.41) is 10.3. The maximum atomic E-state index is 11.0. The van der Waals surface area contributed by atoms with Crippen molar-refractivity contribution in [2.24, 2.45) is 0 Å². The Kier molecular flexibility index (Phi) is 2.67. The smallest absolute Gasteiger partial charge is 0.355 e. The second-order valence-electron chi connectivity index (χ2n) is 2.52. The highest BCUT2D eigenvalue weighted by Gasteiger charge is 2.24. The fourth-order valence-corrected chi connectivity index (χ4v) is 1.06. The molecule has 0 fully saturated rings. The highest BCUT2D eigenvalue weighted by molar-refractivity contribution is 5.88. The zero-order chi connectivity index (χ0) is 9.14. The number of hydrogen-bond donors (Lipinski definition) is 2. The number of ether oxygens (including phenoxy) is 1. The van der Waals surface area contributed by atoms with E-state index < -0.39 is 5.97 Å². The third kappa shape index (κ3) is 1.57. The SMILES string of the molecule is COC(=O)C1=CC(CO)NN1C. The molecule has 2 N–H and O–H groups in total. The summed E-state index contributed by atoms with van der Waals surface area (Å²) in [6.07, 6.45) is 1.63. The Balaban J connectivity index is 2.69. The number of likely N-dealkylation sites (N-methyl/N-ethyl adjacent to an activating group) is 1. The molecule has 0 bridgehead atoms. The van der Waals surface area contributed by atoms with Crippen molar-refractivity contribution in [1.82, 2.24) is 10.4 Å². The standard InChI is InChI=1S/C7H12N2O3/c1-9-6(7(11)12-2)3-5(4-10)8-9/h3,5,8,10H,4H2,1-2H3. The molecule has 0 saturated carbocycles. The molecule has 5 heteroatoms. The van der Waals surface area contributed by atoms with Crippen LogP contribution in [-0.2, 0) is 9.53 Å². The van der Waals surface area contributed by atoms with E-state index in [0.29, 0.717) is 5.70 Å². The van der Waals surface area contributed by atoms with Crippen molar-refractivity contribution < 1.29 is 14.6 Å². The minimum Gasteiger partial charge on any atom is -0.464 e. The van der Waals surface area contributed by atoms with Crippen LogP contribution in [0.25, 0.3) is 0 Å². The average molecular weight is 172 g/mol. The lowest BCUT2D eigenvalue weighted by Gasteiger charge is -2.15. The van der Waals surface area contributed by atoms with E-state index in [-0.39, 0.29) is 12.6 Å². The van der Waals surface area contributed by atoms with Crippen molar-refractivity contribution >= 4 is 5.97 Å². The van der Waals surface area contributed by atoms with Crippen molar-refractivity contribution in [3.05, 3.63) is 11.8 Å². The Bertz CT molecular complexity index is 215. The topological polar surface area (TPSA) is 61.8 Å². The van der Waals surface area contributed by atoms with E-state index in [4.69, 9.17) is 5.11 Å². The van der Waals surface area contributed by atoms with Gasteiger partial charge in [0, 0.05) is 7.05 Å². The maximum Gasteiger partial charge on any atom is 0.355 e. The molecule has 12 heavy (non-hydrogen) atoms. The van der Waals surface area contributed by atoms with Crippen LogP contribution in [0.15, 0.2) is 11.8 Å².